The first kappa shape index (κ1) is 174. The van der Waals surface area contributed by atoms with Crippen LogP contribution in [0.15, 0.2) is 0 Å². The van der Waals surface area contributed by atoms with Gasteiger partial charge >= 0.3 is 27.9 Å². The Hall–Kier alpha value is 0.734. The SMILES string of the molecule is O.O.O.O.O.O.[Ni][Br]. The summed E-state index contributed by atoms with van der Waals surface area (Å²) in [5.74, 6) is 0. The van der Waals surface area contributed by atoms with Crippen molar-refractivity contribution in [3.05, 3.63) is 0 Å². The van der Waals surface area contributed by atoms with Gasteiger partial charge in [-0.2, -0.15) is 0 Å². The van der Waals surface area contributed by atoms with E-state index in [2.05, 4.69) is 27.9 Å². The molecule has 0 amide bonds. The van der Waals surface area contributed by atoms with Crippen molar-refractivity contribution in [2.24, 2.45) is 0 Å². The van der Waals surface area contributed by atoms with Crippen LogP contribution in [0.5, 0.6) is 0 Å². The first-order chi connectivity index (χ1) is 1.00. The zero-order chi connectivity index (χ0) is 2.00. The molecule has 0 spiro atoms. The van der Waals surface area contributed by atoms with Gasteiger partial charge in [0.1, 0.15) is 0 Å². The number of rotatable bonds is 0. The van der Waals surface area contributed by atoms with Gasteiger partial charge in [0.15, 0.2) is 0 Å². The van der Waals surface area contributed by atoms with Crippen molar-refractivity contribution in [3.8, 4) is 0 Å². The van der Waals surface area contributed by atoms with Crippen LogP contribution in [0, 0.1) is 0 Å². The fraction of sp³-hybridized carbons (Fsp3) is 0. The van der Waals surface area contributed by atoms with Crippen molar-refractivity contribution in [2.45, 2.75) is 0 Å². The summed E-state index contributed by atoms with van der Waals surface area (Å²) in [6.07, 6.45) is 0. The molecule has 0 fully saturated rings. The van der Waals surface area contributed by atoms with Crippen molar-refractivity contribution in [3.63, 3.8) is 0 Å². The molecule has 0 saturated heterocycles. The zero-order valence-corrected chi connectivity index (χ0v) is 6.27. The van der Waals surface area contributed by atoms with Crippen LogP contribution >= 0.6 is 14.2 Å². The van der Waals surface area contributed by atoms with Gasteiger partial charge in [-0.05, 0) is 0 Å². The molecule has 0 aromatic heterocycles. The van der Waals surface area contributed by atoms with Gasteiger partial charge in [-0.15, -0.1) is 0 Å². The first-order valence-corrected chi connectivity index (χ1v) is 2.56. The average Bonchev–Trinajstić information content (AvgIpc) is 1.00. The summed E-state index contributed by atoms with van der Waals surface area (Å²) in [6, 6.07) is 0. The third-order valence-electron chi connectivity index (χ3n) is 0. The molecule has 0 aromatic rings. The monoisotopic (exact) mass is 245 g/mol. The number of halogens is 1. The van der Waals surface area contributed by atoms with Gasteiger partial charge < -0.3 is 32.9 Å². The molecule has 0 radical (unpaired) electrons. The summed E-state index contributed by atoms with van der Waals surface area (Å²) in [4.78, 5) is 0. The summed E-state index contributed by atoms with van der Waals surface area (Å²) in [5, 5.41) is 0. The van der Waals surface area contributed by atoms with Crippen molar-refractivity contribution < 1.29 is 46.6 Å². The molecule has 0 bridgehead atoms. The van der Waals surface area contributed by atoms with E-state index in [0.29, 0.717) is 0 Å². The molecule has 0 aliphatic rings. The molecule has 0 aliphatic carbocycles. The van der Waals surface area contributed by atoms with Crippen LogP contribution in [0.1, 0.15) is 0 Å². The van der Waals surface area contributed by atoms with E-state index in [1.807, 2.05) is 0 Å². The van der Waals surface area contributed by atoms with Crippen molar-refractivity contribution in [1.82, 2.24) is 0 Å². The Morgan fingerprint density at radius 2 is 0.500 bits per heavy atom. The van der Waals surface area contributed by atoms with Crippen molar-refractivity contribution in [1.29, 1.82) is 0 Å². The molecule has 0 aliphatic heterocycles. The van der Waals surface area contributed by atoms with Crippen LogP contribution in [0.2, 0.25) is 0 Å². The Bertz CT molecular complexity index is 8.49. The van der Waals surface area contributed by atoms with Gasteiger partial charge in [0.05, 0.1) is 0 Å². The Morgan fingerprint density at radius 1 is 0.500 bits per heavy atom. The minimum atomic E-state index is 0. The predicted octanol–water partition coefficient (Wildman–Crippen LogP) is -4.11. The molecule has 65 valence electrons. The molecular weight excluding hydrogens is 235 g/mol. The van der Waals surface area contributed by atoms with Gasteiger partial charge in [0.2, 0.25) is 0 Å². The van der Waals surface area contributed by atoms with E-state index in [-0.39, 0.29) is 32.9 Å². The van der Waals surface area contributed by atoms with Crippen LogP contribution < -0.4 is 0 Å². The average molecular weight is 247 g/mol. The van der Waals surface area contributed by atoms with Gasteiger partial charge in [0, 0.05) is 0 Å². The second-order valence-electron chi connectivity index (χ2n) is 0. The Labute approximate surface area is 61.3 Å². The predicted molar refractivity (Wildman–Crippen MR) is 30.6 cm³/mol. The van der Waals surface area contributed by atoms with E-state index in [1.54, 1.807) is 0 Å². The van der Waals surface area contributed by atoms with E-state index in [4.69, 9.17) is 0 Å². The van der Waals surface area contributed by atoms with Gasteiger partial charge in [0.25, 0.3) is 0 Å². The normalized spacial score (nSPS) is 0.875. The van der Waals surface area contributed by atoms with Crippen LogP contribution in [0.3, 0.4) is 0 Å². The Balaban J connectivity index is -0.000000000333. The van der Waals surface area contributed by atoms with E-state index in [0.717, 1.165) is 0 Å². The van der Waals surface area contributed by atoms with E-state index < -0.39 is 0 Å². The Kier molecular flexibility index (Phi) is 14200. The maximum atomic E-state index is 3.69. The molecule has 6 nitrogen and oxygen atoms in total. The second-order valence-corrected chi connectivity index (χ2v) is 0. The van der Waals surface area contributed by atoms with Crippen LogP contribution in [-0.4, -0.2) is 32.9 Å². The van der Waals surface area contributed by atoms with Crippen molar-refractivity contribution >= 4 is 14.2 Å². The summed E-state index contributed by atoms with van der Waals surface area (Å²) < 4.78 is 0. The number of hydrogen-bond donors (Lipinski definition) is 0. The summed E-state index contributed by atoms with van der Waals surface area (Å²) in [6.45, 7) is 0. The van der Waals surface area contributed by atoms with Gasteiger partial charge in [-0.25, -0.2) is 0 Å². The zero-order valence-electron chi connectivity index (χ0n) is 3.69. The topological polar surface area (TPSA) is 189 Å². The quantitative estimate of drug-likeness (QED) is 0.376. The second kappa shape index (κ2) is 652. The van der Waals surface area contributed by atoms with Gasteiger partial charge in [-0.1, -0.05) is 0 Å². The van der Waals surface area contributed by atoms with Crippen LogP contribution in [-0.2, 0) is 13.7 Å². The molecular formula is H12BrNiO6. The molecule has 12 N–H and O–H groups in total. The third-order valence-corrected chi connectivity index (χ3v) is 0. The number of hydrogen-bond acceptors (Lipinski definition) is 0. The molecule has 0 aromatic carbocycles. The fourth-order valence-corrected chi connectivity index (χ4v) is 0. The van der Waals surface area contributed by atoms with E-state index >= 15 is 0 Å². The fourth-order valence-electron chi connectivity index (χ4n) is 0. The maximum absolute atomic E-state index is 3.69. The van der Waals surface area contributed by atoms with E-state index in [1.165, 1.54) is 0 Å². The summed E-state index contributed by atoms with van der Waals surface area (Å²) in [7, 11) is 0. The van der Waals surface area contributed by atoms with Crippen molar-refractivity contribution in [2.75, 3.05) is 0 Å². The Morgan fingerprint density at radius 3 is 0.500 bits per heavy atom. The van der Waals surface area contributed by atoms with E-state index in [9.17, 15) is 0 Å². The van der Waals surface area contributed by atoms with Gasteiger partial charge in [-0.3, -0.25) is 0 Å². The molecule has 8 heavy (non-hydrogen) atoms. The van der Waals surface area contributed by atoms with Crippen LogP contribution in [0.25, 0.3) is 0 Å². The molecule has 0 atom stereocenters. The summed E-state index contributed by atoms with van der Waals surface area (Å²) >= 11 is 6.25. The van der Waals surface area contributed by atoms with Crippen LogP contribution in [0.4, 0.5) is 0 Å². The molecule has 8 heteroatoms. The standard InChI is InChI=1S/BrH.Ni.6H2O/h1H;;6*1H2/q;+1;;;;;;/p-1. The summed E-state index contributed by atoms with van der Waals surface area (Å²) in [5.41, 5.74) is 0. The molecule has 0 unspecified atom stereocenters. The molecule has 0 heterocycles. The molecule has 0 rings (SSSR count). The first-order valence-electron chi connectivity index (χ1n) is 0.120. The third kappa shape index (κ3) is 411. The molecule has 0 saturated carbocycles. The minimum absolute atomic E-state index is 0.